The van der Waals surface area contributed by atoms with Gasteiger partial charge in [0.1, 0.15) is 0 Å². The van der Waals surface area contributed by atoms with Crippen LogP contribution in [0.4, 0.5) is 0 Å². The highest BCUT2D eigenvalue weighted by atomic mass is 16.6. The van der Waals surface area contributed by atoms with Crippen LogP contribution in [-0.2, 0) is 23.9 Å². The molecule has 0 aromatic rings. The normalized spacial score (nSPS) is 10.5. The molecule has 0 aromatic heterocycles. The Balaban J connectivity index is 5.54. The van der Waals surface area contributed by atoms with Crippen LogP contribution in [0.25, 0.3) is 0 Å². The molecule has 0 bridgehead atoms. The Morgan fingerprint density at radius 2 is 1.47 bits per heavy atom. The molecule has 0 aliphatic rings. The van der Waals surface area contributed by atoms with Crippen molar-refractivity contribution < 1.29 is 23.9 Å². The van der Waals surface area contributed by atoms with Crippen molar-refractivity contribution >= 4 is 17.8 Å². The lowest BCUT2D eigenvalue weighted by atomic mass is 9.91. The number of nitrogens with one attached hydrogen (secondary N) is 1. The van der Waals surface area contributed by atoms with E-state index in [2.05, 4.69) is 11.9 Å². The molecule has 0 spiro atoms. The summed E-state index contributed by atoms with van der Waals surface area (Å²) in [6.07, 6.45) is -0.0652. The van der Waals surface area contributed by atoms with E-state index < -0.39 is 23.4 Å². The van der Waals surface area contributed by atoms with E-state index in [9.17, 15) is 14.4 Å². The first-order valence-corrected chi connectivity index (χ1v) is 6.07. The van der Waals surface area contributed by atoms with Crippen LogP contribution < -0.4 is 5.32 Å². The predicted octanol–water partition coefficient (Wildman–Crippen LogP) is 0.954. The fraction of sp³-hybridized carbons (Fsp3) is 0.615. The summed E-state index contributed by atoms with van der Waals surface area (Å²) in [5.74, 6) is -2.21. The molecule has 0 atom stereocenters. The summed E-state index contributed by atoms with van der Waals surface area (Å²) in [5, 5.41) is 2.35. The number of carbonyl (C=O) groups excluding carboxylic acids is 3. The molecular weight excluding hydrogens is 250 g/mol. The maximum Gasteiger partial charge on any atom is 0.344 e. The van der Waals surface area contributed by atoms with Crippen molar-refractivity contribution in [2.75, 3.05) is 13.2 Å². The number of carbonyl (C=O) groups is 3. The minimum Gasteiger partial charge on any atom is -0.464 e. The lowest BCUT2D eigenvalue weighted by Gasteiger charge is -2.29. The van der Waals surface area contributed by atoms with Gasteiger partial charge in [-0.2, -0.15) is 0 Å². The van der Waals surface area contributed by atoms with Gasteiger partial charge in [0.05, 0.1) is 13.2 Å². The smallest absolute Gasteiger partial charge is 0.344 e. The molecule has 0 fully saturated rings. The van der Waals surface area contributed by atoms with Crippen LogP contribution >= 0.6 is 0 Å². The average molecular weight is 271 g/mol. The summed E-state index contributed by atoms with van der Waals surface area (Å²) >= 11 is 0. The Morgan fingerprint density at radius 3 is 1.74 bits per heavy atom. The first-order valence-electron chi connectivity index (χ1n) is 6.07. The minimum absolute atomic E-state index is 0.0652. The van der Waals surface area contributed by atoms with E-state index in [1.807, 2.05) is 0 Å². The second kappa shape index (κ2) is 7.56. The van der Waals surface area contributed by atoms with Crippen LogP contribution in [0.5, 0.6) is 0 Å². The number of amides is 1. The lowest BCUT2D eigenvalue weighted by molar-refractivity contribution is -0.167. The molecule has 0 heterocycles. The van der Waals surface area contributed by atoms with Gasteiger partial charge >= 0.3 is 11.9 Å². The van der Waals surface area contributed by atoms with Gasteiger partial charge in [-0.15, -0.1) is 6.58 Å². The molecule has 0 rings (SSSR count). The summed E-state index contributed by atoms with van der Waals surface area (Å²) in [6, 6.07) is 0. The van der Waals surface area contributed by atoms with Crippen LogP contribution in [-0.4, -0.2) is 36.6 Å². The number of ether oxygens (including phenoxy) is 2. The third kappa shape index (κ3) is 4.73. The van der Waals surface area contributed by atoms with E-state index >= 15 is 0 Å². The number of hydrogen-bond acceptors (Lipinski definition) is 5. The summed E-state index contributed by atoms with van der Waals surface area (Å²) in [4.78, 5) is 35.4. The average Bonchev–Trinajstić information content (AvgIpc) is 2.27. The maximum atomic E-state index is 12.1. The molecule has 0 aliphatic heterocycles. The van der Waals surface area contributed by atoms with E-state index in [1.54, 1.807) is 20.8 Å². The first kappa shape index (κ1) is 17.2. The van der Waals surface area contributed by atoms with Gasteiger partial charge in [0.15, 0.2) is 0 Å². The lowest BCUT2D eigenvalue weighted by Crippen LogP contribution is -2.61. The molecule has 0 unspecified atom stereocenters. The van der Waals surface area contributed by atoms with E-state index in [0.717, 1.165) is 0 Å². The van der Waals surface area contributed by atoms with Crippen LogP contribution in [0.3, 0.4) is 0 Å². The molecule has 1 amide bonds. The van der Waals surface area contributed by atoms with Gasteiger partial charge in [0.2, 0.25) is 11.4 Å². The SMILES string of the molecule is C=C(C)CC(NC(C)=O)(C(=O)OCC)C(=O)OCC. The Hall–Kier alpha value is -1.85. The highest BCUT2D eigenvalue weighted by Crippen LogP contribution is 2.20. The molecule has 0 saturated carbocycles. The number of esters is 2. The van der Waals surface area contributed by atoms with Gasteiger partial charge in [0, 0.05) is 13.3 Å². The Morgan fingerprint density at radius 1 is 1.05 bits per heavy atom. The Bertz CT molecular complexity index is 339. The second-order valence-corrected chi connectivity index (χ2v) is 4.16. The molecule has 19 heavy (non-hydrogen) atoms. The molecule has 1 N–H and O–H groups in total. The van der Waals surface area contributed by atoms with Gasteiger partial charge < -0.3 is 14.8 Å². The third-order valence-corrected chi connectivity index (χ3v) is 2.20. The zero-order valence-electron chi connectivity index (χ0n) is 11.9. The van der Waals surface area contributed by atoms with Crippen molar-refractivity contribution in [3.05, 3.63) is 12.2 Å². The van der Waals surface area contributed by atoms with E-state index in [1.165, 1.54) is 6.92 Å². The first-order chi connectivity index (χ1) is 8.80. The number of hydrogen-bond donors (Lipinski definition) is 1. The summed E-state index contributed by atoms with van der Waals surface area (Å²) in [6.45, 7) is 9.94. The van der Waals surface area contributed by atoms with Gasteiger partial charge in [-0.25, -0.2) is 9.59 Å². The Kier molecular flexibility index (Phi) is 6.82. The monoisotopic (exact) mass is 271 g/mol. The molecule has 0 aliphatic carbocycles. The molecular formula is C13H21NO5. The Labute approximate surface area is 113 Å². The van der Waals surface area contributed by atoms with Crippen molar-refractivity contribution in [1.29, 1.82) is 0 Å². The standard InChI is InChI=1S/C13H21NO5/c1-6-18-11(16)13(8-9(3)4,14-10(5)15)12(17)19-7-2/h3,6-8H2,1-2,4-5H3,(H,14,15). The quantitative estimate of drug-likeness (QED) is 0.423. The maximum absolute atomic E-state index is 12.1. The summed E-state index contributed by atoms with van der Waals surface area (Å²) < 4.78 is 9.76. The molecule has 0 saturated heterocycles. The highest BCUT2D eigenvalue weighted by molar-refractivity contribution is 6.08. The fourth-order valence-corrected chi connectivity index (χ4v) is 1.64. The molecule has 108 valence electrons. The van der Waals surface area contributed by atoms with Crippen molar-refractivity contribution in [1.82, 2.24) is 5.32 Å². The van der Waals surface area contributed by atoms with Crippen LogP contribution in [0.1, 0.15) is 34.1 Å². The highest BCUT2D eigenvalue weighted by Gasteiger charge is 2.49. The fourth-order valence-electron chi connectivity index (χ4n) is 1.64. The van der Waals surface area contributed by atoms with E-state index in [-0.39, 0.29) is 19.6 Å². The van der Waals surface area contributed by atoms with Crippen molar-refractivity contribution in [2.24, 2.45) is 0 Å². The zero-order chi connectivity index (χ0) is 15.1. The van der Waals surface area contributed by atoms with Crippen LogP contribution in [0.15, 0.2) is 12.2 Å². The summed E-state index contributed by atoms with van der Waals surface area (Å²) in [7, 11) is 0. The predicted molar refractivity (Wildman–Crippen MR) is 69.2 cm³/mol. The van der Waals surface area contributed by atoms with Gasteiger partial charge in [0.25, 0.3) is 0 Å². The van der Waals surface area contributed by atoms with E-state index in [0.29, 0.717) is 5.57 Å². The molecule has 0 radical (unpaired) electrons. The second-order valence-electron chi connectivity index (χ2n) is 4.16. The zero-order valence-corrected chi connectivity index (χ0v) is 11.9. The van der Waals surface area contributed by atoms with Crippen molar-refractivity contribution in [2.45, 2.75) is 39.7 Å². The van der Waals surface area contributed by atoms with Crippen LogP contribution in [0.2, 0.25) is 0 Å². The van der Waals surface area contributed by atoms with Crippen LogP contribution in [0, 0.1) is 0 Å². The number of rotatable bonds is 7. The minimum atomic E-state index is -1.86. The van der Waals surface area contributed by atoms with E-state index in [4.69, 9.17) is 9.47 Å². The largest absolute Gasteiger partial charge is 0.464 e. The molecule has 6 nitrogen and oxygen atoms in total. The van der Waals surface area contributed by atoms with Crippen molar-refractivity contribution in [3.63, 3.8) is 0 Å². The topological polar surface area (TPSA) is 81.7 Å². The van der Waals surface area contributed by atoms with Gasteiger partial charge in [-0.05, 0) is 20.8 Å². The third-order valence-electron chi connectivity index (χ3n) is 2.20. The molecule has 0 aromatic carbocycles. The van der Waals surface area contributed by atoms with Crippen molar-refractivity contribution in [3.8, 4) is 0 Å². The summed E-state index contributed by atoms with van der Waals surface area (Å²) in [5.41, 5.74) is -1.31. The molecule has 6 heteroatoms. The van der Waals surface area contributed by atoms with Gasteiger partial charge in [-0.1, -0.05) is 5.57 Å². The van der Waals surface area contributed by atoms with Gasteiger partial charge in [-0.3, -0.25) is 4.79 Å².